The Morgan fingerprint density at radius 1 is 1.37 bits per heavy atom. The molecule has 2 nitrogen and oxygen atoms in total. The first-order valence-electron chi connectivity index (χ1n) is 6.59. The minimum absolute atomic E-state index is 0.0333. The third kappa shape index (κ3) is 6.39. The van der Waals surface area contributed by atoms with Crippen LogP contribution in [0.25, 0.3) is 0 Å². The van der Waals surface area contributed by atoms with Crippen molar-refractivity contribution in [2.45, 2.75) is 27.7 Å². The average molecular weight is 332 g/mol. The lowest BCUT2D eigenvalue weighted by Crippen LogP contribution is -2.36. The maximum absolute atomic E-state index is 13.6. The van der Waals surface area contributed by atoms with Gasteiger partial charge in [-0.1, -0.05) is 43.6 Å². The van der Waals surface area contributed by atoms with Crippen LogP contribution in [-0.4, -0.2) is 19.7 Å². The summed E-state index contributed by atoms with van der Waals surface area (Å²) >= 11 is 3.23. The van der Waals surface area contributed by atoms with Gasteiger partial charge in [-0.2, -0.15) is 0 Å². The van der Waals surface area contributed by atoms with E-state index in [0.717, 1.165) is 17.6 Å². The monoisotopic (exact) mass is 331 g/mol. The number of benzene rings is 1. The molecule has 4 heteroatoms. The van der Waals surface area contributed by atoms with Gasteiger partial charge in [-0.25, -0.2) is 4.39 Å². The van der Waals surface area contributed by atoms with Crippen molar-refractivity contribution in [1.29, 1.82) is 0 Å². The van der Waals surface area contributed by atoms with Gasteiger partial charge in [0.05, 0.1) is 6.61 Å². The van der Waals surface area contributed by atoms with Crippen LogP contribution in [0.5, 0.6) is 5.75 Å². The van der Waals surface area contributed by atoms with Gasteiger partial charge in [-0.05, 0) is 30.7 Å². The predicted octanol–water partition coefficient (Wildman–Crippen LogP) is 4.24. The molecule has 0 aliphatic rings. The first kappa shape index (κ1) is 16.4. The van der Waals surface area contributed by atoms with Crippen LogP contribution in [0.2, 0.25) is 0 Å². The molecule has 0 aliphatic heterocycles. The molecule has 19 heavy (non-hydrogen) atoms. The molecule has 0 aromatic heterocycles. The van der Waals surface area contributed by atoms with Crippen LogP contribution in [0, 0.1) is 17.2 Å². The smallest absolute Gasteiger partial charge is 0.166 e. The molecule has 0 saturated heterocycles. The Morgan fingerprint density at radius 3 is 2.63 bits per heavy atom. The predicted molar refractivity (Wildman–Crippen MR) is 81.1 cm³/mol. The van der Waals surface area contributed by atoms with Gasteiger partial charge in [-0.3, -0.25) is 0 Å². The molecule has 1 N–H and O–H groups in total. The molecule has 0 heterocycles. The second-order valence-electron chi connectivity index (χ2n) is 6.05. The van der Waals surface area contributed by atoms with Gasteiger partial charge in [0, 0.05) is 16.4 Å². The van der Waals surface area contributed by atoms with Gasteiger partial charge in [0.15, 0.2) is 11.6 Å². The SMILES string of the molecule is CC(C)CNCC(C)(C)COc1ccc(Br)cc1F. The van der Waals surface area contributed by atoms with E-state index in [-0.39, 0.29) is 11.2 Å². The van der Waals surface area contributed by atoms with Crippen molar-refractivity contribution in [3.63, 3.8) is 0 Å². The van der Waals surface area contributed by atoms with Crippen LogP contribution in [0.4, 0.5) is 4.39 Å². The number of halogens is 2. The zero-order valence-corrected chi connectivity index (χ0v) is 13.7. The lowest BCUT2D eigenvalue weighted by atomic mass is 9.94. The van der Waals surface area contributed by atoms with E-state index in [2.05, 4.69) is 48.9 Å². The van der Waals surface area contributed by atoms with E-state index in [0.29, 0.717) is 18.3 Å². The highest BCUT2D eigenvalue weighted by molar-refractivity contribution is 9.10. The van der Waals surface area contributed by atoms with E-state index >= 15 is 0 Å². The molecule has 0 unspecified atom stereocenters. The summed E-state index contributed by atoms with van der Waals surface area (Å²) < 4.78 is 19.9. The van der Waals surface area contributed by atoms with Crippen LogP contribution in [0.15, 0.2) is 22.7 Å². The molecule has 0 saturated carbocycles. The van der Waals surface area contributed by atoms with Crippen molar-refractivity contribution in [1.82, 2.24) is 5.32 Å². The Labute approximate surface area is 123 Å². The Bertz CT molecular complexity index is 407. The quantitative estimate of drug-likeness (QED) is 0.806. The molecule has 108 valence electrons. The molecule has 0 aliphatic carbocycles. The fourth-order valence-electron chi connectivity index (χ4n) is 1.62. The van der Waals surface area contributed by atoms with Crippen molar-refractivity contribution >= 4 is 15.9 Å². The lowest BCUT2D eigenvalue weighted by molar-refractivity contribution is 0.170. The van der Waals surface area contributed by atoms with Crippen LogP contribution in [-0.2, 0) is 0 Å². The summed E-state index contributed by atoms with van der Waals surface area (Å²) in [6, 6.07) is 4.85. The maximum atomic E-state index is 13.6. The van der Waals surface area contributed by atoms with Crippen molar-refractivity contribution in [2.75, 3.05) is 19.7 Å². The number of ether oxygens (including phenoxy) is 1. The highest BCUT2D eigenvalue weighted by Crippen LogP contribution is 2.24. The van der Waals surface area contributed by atoms with Crippen molar-refractivity contribution < 1.29 is 9.13 Å². The summed E-state index contributed by atoms with van der Waals surface area (Å²) in [6.45, 7) is 10.9. The fraction of sp³-hybridized carbons (Fsp3) is 0.600. The van der Waals surface area contributed by atoms with Crippen molar-refractivity contribution in [3.05, 3.63) is 28.5 Å². The van der Waals surface area contributed by atoms with Crippen LogP contribution in [0.3, 0.4) is 0 Å². The van der Waals surface area contributed by atoms with Gasteiger partial charge in [0.2, 0.25) is 0 Å². The third-order valence-corrected chi connectivity index (χ3v) is 3.16. The molecule has 1 aromatic rings. The minimum Gasteiger partial charge on any atom is -0.490 e. The van der Waals surface area contributed by atoms with E-state index in [1.807, 2.05) is 0 Å². The molecule has 0 bridgehead atoms. The molecule has 0 spiro atoms. The first-order valence-corrected chi connectivity index (χ1v) is 7.38. The lowest BCUT2D eigenvalue weighted by Gasteiger charge is -2.25. The topological polar surface area (TPSA) is 21.3 Å². The summed E-state index contributed by atoms with van der Waals surface area (Å²) in [4.78, 5) is 0. The largest absolute Gasteiger partial charge is 0.490 e. The van der Waals surface area contributed by atoms with Gasteiger partial charge in [0.1, 0.15) is 0 Å². The zero-order chi connectivity index (χ0) is 14.5. The zero-order valence-electron chi connectivity index (χ0n) is 12.1. The normalized spacial score (nSPS) is 11.9. The molecular formula is C15H23BrFNO. The molecule has 1 rings (SSSR count). The van der Waals surface area contributed by atoms with Crippen LogP contribution >= 0.6 is 15.9 Å². The summed E-state index contributed by atoms with van der Waals surface area (Å²) in [7, 11) is 0. The van der Waals surface area contributed by atoms with E-state index < -0.39 is 0 Å². The Kier molecular flexibility index (Phi) is 6.27. The molecule has 0 amide bonds. The second-order valence-corrected chi connectivity index (χ2v) is 6.97. The Morgan fingerprint density at radius 2 is 2.05 bits per heavy atom. The highest BCUT2D eigenvalue weighted by atomic mass is 79.9. The Hall–Kier alpha value is -0.610. The summed E-state index contributed by atoms with van der Waals surface area (Å²) in [5.74, 6) is 0.598. The summed E-state index contributed by atoms with van der Waals surface area (Å²) in [6.07, 6.45) is 0. The number of hydrogen-bond donors (Lipinski definition) is 1. The van der Waals surface area contributed by atoms with Gasteiger partial charge < -0.3 is 10.1 Å². The molecule has 0 atom stereocenters. The van der Waals surface area contributed by atoms with E-state index in [1.54, 1.807) is 12.1 Å². The Balaban J connectivity index is 2.45. The van der Waals surface area contributed by atoms with Crippen LogP contribution < -0.4 is 10.1 Å². The summed E-state index contributed by atoms with van der Waals surface area (Å²) in [5.41, 5.74) is -0.0333. The van der Waals surface area contributed by atoms with Crippen molar-refractivity contribution in [2.24, 2.45) is 11.3 Å². The first-order chi connectivity index (χ1) is 8.80. The van der Waals surface area contributed by atoms with Gasteiger partial charge in [-0.15, -0.1) is 0 Å². The van der Waals surface area contributed by atoms with Gasteiger partial charge in [0.25, 0.3) is 0 Å². The number of rotatable bonds is 7. The second kappa shape index (κ2) is 7.25. The number of nitrogens with one attached hydrogen (secondary N) is 1. The average Bonchev–Trinajstić information content (AvgIpc) is 2.27. The third-order valence-electron chi connectivity index (χ3n) is 2.67. The van der Waals surface area contributed by atoms with E-state index in [9.17, 15) is 4.39 Å². The minimum atomic E-state index is -0.333. The van der Waals surface area contributed by atoms with E-state index in [1.165, 1.54) is 6.07 Å². The maximum Gasteiger partial charge on any atom is 0.166 e. The molecule has 0 fully saturated rings. The number of hydrogen-bond acceptors (Lipinski definition) is 2. The highest BCUT2D eigenvalue weighted by Gasteiger charge is 2.19. The van der Waals surface area contributed by atoms with Gasteiger partial charge >= 0.3 is 0 Å². The standard InChI is InChI=1S/C15H23BrFNO/c1-11(2)8-18-9-15(3,4)10-19-14-6-5-12(16)7-13(14)17/h5-7,11,18H,8-10H2,1-4H3. The molecule has 1 aromatic carbocycles. The molecular weight excluding hydrogens is 309 g/mol. The van der Waals surface area contributed by atoms with E-state index in [4.69, 9.17) is 4.74 Å². The van der Waals surface area contributed by atoms with Crippen molar-refractivity contribution in [3.8, 4) is 5.75 Å². The van der Waals surface area contributed by atoms with Crippen LogP contribution in [0.1, 0.15) is 27.7 Å². The molecule has 0 radical (unpaired) electrons. The fourth-order valence-corrected chi connectivity index (χ4v) is 1.95. The summed E-state index contributed by atoms with van der Waals surface area (Å²) in [5, 5.41) is 3.40.